The van der Waals surface area contributed by atoms with Gasteiger partial charge in [0.1, 0.15) is 0 Å². The maximum absolute atomic E-state index is 5.52. The minimum atomic E-state index is 0.280. The summed E-state index contributed by atoms with van der Waals surface area (Å²) in [6.07, 6.45) is 2.59. The van der Waals surface area contributed by atoms with E-state index < -0.39 is 0 Å². The van der Waals surface area contributed by atoms with Crippen molar-refractivity contribution in [2.24, 2.45) is 11.7 Å². The summed E-state index contributed by atoms with van der Waals surface area (Å²) in [5.74, 6) is 0.754. The Morgan fingerprint density at radius 2 is 1.91 bits per heavy atom. The Bertz CT molecular complexity index is 83.6. The molecule has 11 heavy (non-hydrogen) atoms. The van der Waals surface area contributed by atoms with Crippen LogP contribution in [0, 0.1) is 5.92 Å². The Hall–Kier alpha value is -0.0800. The minimum Gasteiger partial charge on any atom is -0.377 e. The summed E-state index contributed by atoms with van der Waals surface area (Å²) in [5, 5.41) is 0. The number of ether oxygens (including phenoxy) is 1. The van der Waals surface area contributed by atoms with Gasteiger partial charge in [0.25, 0.3) is 0 Å². The molecule has 2 heteroatoms. The van der Waals surface area contributed by atoms with Crippen LogP contribution >= 0.6 is 0 Å². The Kier molecular flexibility index (Phi) is 6.57. The molecule has 0 bridgehead atoms. The molecule has 0 saturated heterocycles. The molecule has 0 radical (unpaired) electrons. The second-order valence-corrected chi connectivity index (χ2v) is 3.28. The summed E-state index contributed by atoms with van der Waals surface area (Å²) in [5.41, 5.74) is 5.52. The van der Waals surface area contributed by atoms with Crippen molar-refractivity contribution in [3.8, 4) is 0 Å². The van der Waals surface area contributed by atoms with Crippen molar-refractivity contribution in [1.82, 2.24) is 0 Å². The standard InChI is InChI=1S/C9H21NO/c1-4-11-9(7-10)6-5-8(2)3/h8-9H,4-7,10H2,1-3H3. The molecule has 0 aromatic carbocycles. The zero-order chi connectivity index (χ0) is 8.69. The minimum absolute atomic E-state index is 0.280. The maximum Gasteiger partial charge on any atom is 0.0697 e. The van der Waals surface area contributed by atoms with E-state index in [1.165, 1.54) is 6.42 Å². The number of hydrogen-bond acceptors (Lipinski definition) is 2. The largest absolute Gasteiger partial charge is 0.377 e. The summed E-state index contributed by atoms with van der Waals surface area (Å²) in [6, 6.07) is 0. The topological polar surface area (TPSA) is 35.2 Å². The normalized spacial score (nSPS) is 13.9. The van der Waals surface area contributed by atoms with Gasteiger partial charge in [0, 0.05) is 13.2 Å². The summed E-state index contributed by atoms with van der Waals surface area (Å²) < 4.78 is 5.42. The second-order valence-electron chi connectivity index (χ2n) is 3.28. The van der Waals surface area contributed by atoms with Crippen molar-refractivity contribution in [3.63, 3.8) is 0 Å². The predicted octanol–water partition coefficient (Wildman–Crippen LogP) is 1.79. The lowest BCUT2D eigenvalue weighted by molar-refractivity contribution is 0.0592. The molecule has 0 aliphatic rings. The molecule has 1 atom stereocenters. The van der Waals surface area contributed by atoms with Gasteiger partial charge in [-0.15, -0.1) is 0 Å². The van der Waals surface area contributed by atoms with Crippen LogP contribution in [0.25, 0.3) is 0 Å². The van der Waals surface area contributed by atoms with E-state index in [-0.39, 0.29) is 6.10 Å². The molecule has 0 heterocycles. The van der Waals surface area contributed by atoms with E-state index in [1.807, 2.05) is 6.92 Å². The third-order valence-corrected chi connectivity index (χ3v) is 1.73. The van der Waals surface area contributed by atoms with Crippen molar-refractivity contribution in [1.29, 1.82) is 0 Å². The molecule has 0 saturated carbocycles. The van der Waals surface area contributed by atoms with Gasteiger partial charge in [-0.1, -0.05) is 13.8 Å². The van der Waals surface area contributed by atoms with Gasteiger partial charge in [0.2, 0.25) is 0 Å². The van der Waals surface area contributed by atoms with Gasteiger partial charge < -0.3 is 10.5 Å². The van der Waals surface area contributed by atoms with Gasteiger partial charge in [0.15, 0.2) is 0 Å². The van der Waals surface area contributed by atoms with Gasteiger partial charge in [-0.25, -0.2) is 0 Å². The van der Waals surface area contributed by atoms with Crippen molar-refractivity contribution in [2.45, 2.75) is 39.7 Å². The molecule has 0 aliphatic heterocycles. The Labute approximate surface area is 70.1 Å². The fraction of sp³-hybridized carbons (Fsp3) is 1.00. The SMILES string of the molecule is CCOC(CN)CCC(C)C. The predicted molar refractivity (Wildman–Crippen MR) is 48.5 cm³/mol. The van der Waals surface area contributed by atoms with Crippen LogP contribution in [0.5, 0.6) is 0 Å². The summed E-state index contributed by atoms with van der Waals surface area (Å²) in [4.78, 5) is 0. The summed E-state index contributed by atoms with van der Waals surface area (Å²) >= 11 is 0. The van der Waals surface area contributed by atoms with Crippen LogP contribution in [0.2, 0.25) is 0 Å². The van der Waals surface area contributed by atoms with Crippen LogP contribution in [0.15, 0.2) is 0 Å². The van der Waals surface area contributed by atoms with E-state index in [0.717, 1.165) is 18.9 Å². The number of nitrogens with two attached hydrogens (primary N) is 1. The lowest BCUT2D eigenvalue weighted by atomic mass is 10.1. The highest BCUT2D eigenvalue weighted by Gasteiger charge is 2.06. The molecule has 0 aromatic heterocycles. The monoisotopic (exact) mass is 159 g/mol. The molecule has 0 rings (SSSR count). The maximum atomic E-state index is 5.52. The average Bonchev–Trinajstić information content (AvgIpc) is 1.97. The zero-order valence-electron chi connectivity index (χ0n) is 7.97. The highest BCUT2D eigenvalue weighted by Crippen LogP contribution is 2.08. The summed E-state index contributed by atoms with van der Waals surface area (Å²) in [7, 11) is 0. The van der Waals surface area contributed by atoms with Gasteiger partial charge in [-0.3, -0.25) is 0 Å². The van der Waals surface area contributed by atoms with Crippen LogP contribution < -0.4 is 5.73 Å². The lowest BCUT2D eigenvalue weighted by Crippen LogP contribution is -2.24. The van der Waals surface area contributed by atoms with Crippen LogP contribution in [-0.4, -0.2) is 19.3 Å². The van der Waals surface area contributed by atoms with E-state index in [0.29, 0.717) is 6.54 Å². The Morgan fingerprint density at radius 1 is 1.27 bits per heavy atom. The third-order valence-electron chi connectivity index (χ3n) is 1.73. The number of hydrogen-bond donors (Lipinski definition) is 1. The van der Waals surface area contributed by atoms with Gasteiger partial charge in [0.05, 0.1) is 6.10 Å². The Morgan fingerprint density at radius 3 is 2.27 bits per heavy atom. The molecule has 0 amide bonds. The van der Waals surface area contributed by atoms with Crippen molar-refractivity contribution in [3.05, 3.63) is 0 Å². The fourth-order valence-electron chi connectivity index (χ4n) is 1.02. The van der Waals surface area contributed by atoms with Gasteiger partial charge >= 0.3 is 0 Å². The van der Waals surface area contributed by atoms with Crippen molar-refractivity contribution in [2.75, 3.05) is 13.2 Å². The second kappa shape index (κ2) is 6.62. The van der Waals surface area contributed by atoms with E-state index in [9.17, 15) is 0 Å². The van der Waals surface area contributed by atoms with Crippen molar-refractivity contribution >= 4 is 0 Å². The molecule has 0 spiro atoms. The molecule has 2 N–H and O–H groups in total. The molecule has 68 valence electrons. The fourth-order valence-corrected chi connectivity index (χ4v) is 1.02. The molecule has 1 unspecified atom stereocenters. The molecule has 0 aromatic rings. The van der Waals surface area contributed by atoms with Crippen LogP contribution in [0.1, 0.15) is 33.6 Å². The third kappa shape index (κ3) is 6.32. The van der Waals surface area contributed by atoms with Gasteiger partial charge in [-0.05, 0) is 25.7 Å². The zero-order valence-corrected chi connectivity index (χ0v) is 7.97. The first-order chi connectivity index (χ1) is 5.20. The lowest BCUT2D eigenvalue weighted by Gasteiger charge is -2.15. The highest BCUT2D eigenvalue weighted by molar-refractivity contribution is 4.59. The van der Waals surface area contributed by atoms with Crippen LogP contribution in [-0.2, 0) is 4.74 Å². The first-order valence-corrected chi connectivity index (χ1v) is 4.52. The highest BCUT2D eigenvalue weighted by atomic mass is 16.5. The smallest absolute Gasteiger partial charge is 0.0697 e. The molecule has 0 fully saturated rings. The first-order valence-electron chi connectivity index (χ1n) is 4.52. The summed E-state index contributed by atoms with van der Waals surface area (Å²) in [6.45, 7) is 7.89. The molecule has 0 aliphatic carbocycles. The number of rotatable bonds is 6. The van der Waals surface area contributed by atoms with Crippen LogP contribution in [0.3, 0.4) is 0 Å². The molecular formula is C9H21NO. The van der Waals surface area contributed by atoms with Crippen LogP contribution in [0.4, 0.5) is 0 Å². The average molecular weight is 159 g/mol. The van der Waals surface area contributed by atoms with E-state index in [4.69, 9.17) is 10.5 Å². The molecule has 2 nitrogen and oxygen atoms in total. The van der Waals surface area contributed by atoms with Gasteiger partial charge in [-0.2, -0.15) is 0 Å². The molecular weight excluding hydrogens is 138 g/mol. The first kappa shape index (κ1) is 10.9. The van der Waals surface area contributed by atoms with Crippen molar-refractivity contribution < 1.29 is 4.74 Å². The van der Waals surface area contributed by atoms with E-state index >= 15 is 0 Å². The van der Waals surface area contributed by atoms with E-state index in [2.05, 4.69) is 13.8 Å². The quantitative estimate of drug-likeness (QED) is 0.641. The Balaban J connectivity index is 3.35. The van der Waals surface area contributed by atoms with E-state index in [1.54, 1.807) is 0 Å².